The molecule has 0 aliphatic carbocycles. The van der Waals surface area contributed by atoms with E-state index < -0.39 is 0 Å². The second-order valence-corrected chi connectivity index (χ2v) is 6.48. The third kappa shape index (κ3) is 3.44. The monoisotopic (exact) mass is 346 g/mol. The average molecular weight is 346 g/mol. The molecular formula is C16H22N6OS. The summed E-state index contributed by atoms with van der Waals surface area (Å²) in [6, 6.07) is 7.95. The number of amidine groups is 1. The smallest absolute Gasteiger partial charge is 0.177 e. The van der Waals surface area contributed by atoms with Crippen LogP contribution in [0.15, 0.2) is 35.6 Å². The first kappa shape index (κ1) is 16.5. The molecule has 8 heteroatoms. The number of hydrogen-bond donors (Lipinski definition) is 3. The van der Waals surface area contributed by atoms with E-state index in [9.17, 15) is 0 Å². The number of H-pyrrole nitrogens is 1. The molecule has 24 heavy (non-hydrogen) atoms. The second-order valence-electron chi connectivity index (χ2n) is 6.09. The van der Waals surface area contributed by atoms with Gasteiger partial charge in [0.15, 0.2) is 5.84 Å². The van der Waals surface area contributed by atoms with Crippen LogP contribution in [0.4, 0.5) is 0 Å². The summed E-state index contributed by atoms with van der Waals surface area (Å²) in [5, 5.41) is 9.47. The molecule has 1 aromatic heterocycles. The number of nitrogens with zero attached hydrogens (tertiary/aromatic N) is 3. The van der Waals surface area contributed by atoms with E-state index in [1.54, 1.807) is 7.11 Å². The van der Waals surface area contributed by atoms with Crippen molar-refractivity contribution in [3.05, 3.63) is 46.2 Å². The van der Waals surface area contributed by atoms with E-state index in [0.29, 0.717) is 12.5 Å². The van der Waals surface area contributed by atoms with Crippen molar-refractivity contribution in [2.24, 2.45) is 11.0 Å². The summed E-state index contributed by atoms with van der Waals surface area (Å²) >= 11 is 5.58. The SMILES string of the molecule is COc1ccc(CN2NNN=C2c2c[nH]n(CC(C)C)c2=S)cc1. The van der Waals surface area contributed by atoms with Gasteiger partial charge in [0.25, 0.3) is 0 Å². The molecule has 128 valence electrons. The van der Waals surface area contributed by atoms with Gasteiger partial charge in [0.1, 0.15) is 10.4 Å². The summed E-state index contributed by atoms with van der Waals surface area (Å²) in [5.41, 5.74) is 7.88. The van der Waals surface area contributed by atoms with Gasteiger partial charge < -0.3 is 9.84 Å². The highest BCUT2D eigenvalue weighted by atomic mass is 32.1. The molecule has 0 amide bonds. The topological polar surface area (TPSA) is 69.6 Å². The van der Waals surface area contributed by atoms with E-state index in [1.165, 1.54) is 0 Å². The van der Waals surface area contributed by atoms with Crippen LogP contribution in [0.1, 0.15) is 25.0 Å². The van der Waals surface area contributed by atoms with Gasteiger partial charge in [-0.15, -0.1) is 10.6 Å². The van der Waals surface area contributed by atoms with Gasteiger partial charge in [-0.3, -0.25) is 9.69 Å². The van der Waals surface area contributed by atoms with Crippen LogP contribution in [0.25, 0.3) is 0 Å². The summed E-state index contributed by atoms with van der Waals surface area (Å²) in [6.45, 7) is 5.83. The van der Waals surface area contributed by atoms with Crippen molar-refractivity contribution in [3.8, 4) is 5.75 Å². The van der Waals surface area contributed by atoms with E-state index in [2.05, 4.69) is 35.1 Å². The molecule has 1 aliphatic rings. The molecule has 2 aromatic rings. The molecule has 2 heterocycles. The number of ether oxygens (including phenoxy) is 1. The van der Waals surface area contributed by atoms with E-state index in [0.717, 1.165) is 33.9 Å². The predicted octanol–water partition coefficient (Wildman–Crippen LogP) is 2.40. The van der Waals surface area contributed by atoms with Crippen LogP contribution >= 0.6 is 12.2 Å². The van der Waals surface area contributed by atoms with Crippen LogP contribution in [0.5, 0.6) is 5.75 Å². The van der Waals surface area contributed by atoms with Crippen LogP contribution in [-0.4, -0.2) is 27.7 Å². The maximum Gasteiger partial charge on any atom is 0.177 e. The molecule has 3 N–H and O–H groups in total. The number of hydrazone groups is 1. The first-order valence-corrected chi connectivity index (χ1v) is 8.26. The zero-order valence-corrected chi connectivity index (χ0v) is 14.9. The highest BCUT2D eigenvalue weighted by Gasteiger charge is 2.22. The summed E-state index contributed by atoms with van der Waals surface area (Å²) in [5.74, 6) is 2.13. The average Bonchev–Trinajstić information content (AvgIpc) is 3.15. The Balaban J connectivity index is 1.78. The van der Waals surface area contributed by atoms with Crippen molar-refractivity contribution in [2.75, 3.05) is 7.11 Å². The summed E-state index contributed by atoms with van der Waals surface area (Å²) in [4.78, 5) is 0. The first-order valence-electron chi connectivity index (χ1n) is 7.86. The normalized spacial score (nSPS) is 14.0. The van der Waals surface area contributed by atoms with Gasteiger partial charge in [0.05, 0.1) is 19.2 Å². The van der Waals surface area contributed by atoms with Crippen LogP contribution < -0.4 is 15.8 Å². The molecular weight excluding hydrogens is 324 g/mol. The number of aromatic amines is 1. The minimum absolute atomic E-state index is 0.514. The van der Waals surface area contributed by atoms with Crippen LogP contribution in [0, 0.1) is 10.6 Å². The minimum Gasteiger partial charge on any atom is -0.497 e. The summed E-state index contributed by atoms with van der Waals surface area (Å²) in [6.07, 6.45) is 1.90. The standard InChI is InChI=1S/C16H22N6OS/c1-11(2)9-22-16(24)14(8-17-22)15-18-19-20-21(15)10-12-4-6-13(23-3)7-5-12/h4-8,11,17,19-20H,9-10H2,1-3H3. The lowest BCUT2D eigenvalue weighted by Crippen LogP contribution is -2.40. The maximum atomic E-state index is 5.58. The zero-order valence-electron chi connectivity index (χ0n) is 14.0. The minimum atomic E-state index is 0.514. The van der Waals surface area contributed by atoms with E-state index >= 15 is 0 Å². The highest BCUT2D eigenvalue weighted by Crippen LogP contribution is 2.16. The highest BCUT2D eigenvalue weighted by molar-refractivity contribution is 7.71. The Morgan fingerprint density at radius 3 is 2.67 bits per heavy atom. The van der Waals surface area contributed by atoms with Crippen molar-refractivity contribution in [3.63, 3.8) is 0 Å². The van der Waals surface area contributed by atoms with Crippen molar-refractivity contribution in [2.45, 2.75) is 26.9 Å². The number of benzene rings is 1. The molecule has 3 rings (SSSR count). The van der Waals surface area contributed by atoms with E-state index in [4.69, 9.17) is 17.0 Å². The Bertz CT molecular complexity index is 777. The Kier molecular flexibility index (Phi) is 4.86. The molecule has 0 atom stereocenters. The zero-order chi connectivity index (χ0) is 17.1. The fourth-order valence-electron chi connectivity index (χ4n) is 2.55. The molecule has 1 aliphatic heterocycles. The Labute approximate surface area is 146 Å². The quantitative estimate of drug-likeness (QED) is 0.701. The number of rotatable bonds is 6. The summed E-state index contributed by atoms with van der Waals surface area (Å²) < 4.78 is 7.92. The lowest BCUT2D eigenvalue weighted by atomic mass is 10.2. The molecule has 0 bridgehead atoms. The molecule has 7 nitrogen and oxygen atoms in total. The molecule has 0 saturated carbocycles. The fourth-order valence-corrected chi connectivity index (χ4v) is 2.83. The number of methoxy groups -OCH3 is 1. The van der Waals surface area contributed by atoms with Gasteiger partial charge >= 0.3 is 0 Å². The van der Waals surface area contributed by atoms with Gasteiger partial charge in [-0.1, -0.05) is 38.2 Å². The molecule has 0 unspecified atom stereocenters. The van der Waals surface area contributed by atoms with Gasteiger partial charge in [0.2, 0.25) is 0 Å². The third-order valence-corrected chi connectivity index (χ3v) is 4.17. The first-order chi connectivity index (χ1) is 11.6. The number of hydrogen-bond acceptors (Lipinski definition) is 6. The largest absolute Gasteiger partial charge is 0.497 e. The Hall–Kier alpha value is -2.32. The molecule has 0 spiro atoms. The van der Waals surface area contributed by atoms with E-state index in [1.807, 2.05) is 40.2 Å². The van der Waals surface area contributed by atoms with Crippen molar-refractivity contribution in [1.29, 1.82) is 0 Å². The number of nitrogens with one attached hydrogen (secondary N) is 3. The summed E-state index contributed by atoms with van der Waals surface area (Å²) in [7, 11) is 1.66. The van der Waals surface area contributed by atoms with Gasteiger partial charge in [0, 0.05) is 12.7 Å². The Morgan fingerprint density at radius 2 is 2.00 bits per heavy atom. The lowest BCUT2D eigenvalue weighted by molar-refractivity contribution is 0.288. The van der Waals surface area contributed by atoms with Crippen molar-refractivity contribution in [1.82, 2.24) is 25.9 Å². The van der Waals surface area contributed by atoms with Crippen LogP contribution in [0.2, 0.25) is 0 Å². The number of hydrazine groups is 2. The number of aromatic nitrogens is 2. The van der Waals surface area contributed by atoms with Crippen LogP contribution in [-0.2, 0) is 13.1 Å². The maximum absolute atomic E-state index is 5.58. The van der Waals surface area contributed by atoms with Crippen LogP contribution in [0.3, 0.4) is 0 Å². The predicted molar refractivity (Wildman–Crippen MR) is 95.8 cm³/mol. The fraction of sp³-hybridized carbons (Fsp3) is 0.375. The lowest BCUT2D eigenvalue weighted by Gasteiger charge is -2.18. The molecule has 1 aromatic carbocycles. The molecule has 0 fully saturated rings. The third-order valence-electron chi connectivity index (χ3n) is 3.73. The van der Waals surface area contributed by atoms with Gasteiger partial charge in [-0.25, -0.2) is 5.53 Å². The second kappa shape index (κ2) is 7.06. The van der Waals surface area contributed by atoms with Gasteiger partial charge in [-0.2, -0.15) is 0 Å². The van der Waals surface area contributed by atoms with Crippen molar-refractivity contribution >= 4 is 18.1 Å². The molecule has 0 saturated heterocycles. The van der Waals surface area contributed by atoms with Crippen molar-refractivity contribution < 1.29 is 4.74 Å². The molecule has 0 radical (unpaired) electrons. The van der Waals surface area contributed by atoms with E-state index in [-0.39, 0.29) is 0 Å². The van der Waals surface area contributed by atoms with Gasteiger partial charge in [-0.05, 0) is 23.6 Å². The Morgan fingerprint density at radius 1 is 1.25 bits per heavy atom.